The summed E-state index contributed by atoms with van der Waals surface area (Å²) < 4.78 is 5.49. The minimum absolute atomic E-state index is 0.00168. The fourth-order valence-corrected chi connectivity index (χ4v) is 10.7. The van der Waals surface area contributed by atoms with Crippen LogP contribution in [-0.4, -0.2) is 47.4 Å². The number of ether oxygens (including phenoxy) is 1. The van der Waals surface area contributed by atoms with Crippen LogP contribution in [0.2, 0.25) is 0 Å². The molecule has 0 saturated carbocycles. The summed E-state index contributed by atoms with van der Waals surface area (Å²) in [6.45, 7) is 4.92. The van der Waals surface area contributed by atoms with E-state index in [0.29, 0.717) is 19.4 Å². The van der Waals surface area contributed by atoms with Gasteiger partial charge in [-0.15, -0.1) is 0 Å². The van der Waals surface area contributed by atoms with Gasteiger partial charge in [0, 0.05) is 12.8 Å². The highest BCUT2D eigenvalue weighted by Gasteiger charge is 2.18. The molecule has 0 heterocycles. The molecule has 6 heteroatoms. The molecule has 0 aliphatic carbocycles. The summed E-state index contributed by atoms with van der Waals surface area (Å²) in [4.78, 5) is 24.6. The molecule has 0 aliphatic heterocycles. The molecule has 0 radical (unpaired) electrons. The molecule has 2 unspecified atom stereocenters. The number of rotatable bonds is 64. The lowest BCUT2D eigenvalue weighted by Crippen LogP contribution is -2.45. The van der Waals surface area contributed by atoms with Gasteiger partial charge in [-0.1, -0.05) is 334 Å². The summed E-state index contributed by atoms with van der Waals surface area (Å²) >= 11 is 0. The van der Waals surface area contributed by atoms with Crippen molar-refractivity contribution >= 4 is 11.9 Å². The Morgan fingerprint density at radius 3 is 0.947 bits per heavy atom. The average molecular weight is 1060 g/mol. The standard InChI is InChI=1S/C69H133NO5/c1-3-5-7-9-11-13-15-17-19-21-22-23-24-25-26-27-28-30-33-37-41-45-49-53-57-61-67(72)66(65-71)70-68(73)62-58-54-50-46-42-38-34-31-29-32-36-40-44-48-52-56-60-64-75-69(74)63-59-55-51-47-43-39-35-20-18-16-14-12-10-8-6-4-2/h29,32,57,61,66-67,71-72H,3-28,30-31,33-56,58-60,62-65H2,1-2H3,(H,70,73)/b32-29-,61-57+. The maximum atomic E-state index is 12.5. The van der Waals surface area contributed by atoms with Crippen LogP contribution in [-0.2, 0) is 14.3 Å². The molecule has 3 N–H and O–H groups in total. The van der Waals surface area contributed by atoms with Crippen LogP contribution >= 0.6 is 0 Å². The highest BCUT2D eigenvalue weighted by atomic mass is 16.5. The van der Waals surface area contributed by atoms with Gasteiger partial charge in [0.1, 0.15) is 0 Å². The van der Waals surface area contributed by atoms with Crippen molar-refractivity contribution in [3.63, 3.8) is 0 Å². The van der Waals surface area contributed by atoms with Gasteiger partial charge >= 0.3 is 5.97 Å². The zero-order chi connectivity index (χ0) is 54.3. The topological polar surface area (TPSA) is 95.9 Å². The van der Waals surface area contributed by atoms with Gasteiger partial charge in [0.15, 0.2) is 0 Å². The molecule has 1 amide bonds. The Morgan fingerprint density at radius 1 is 0.360 bits per heavy atom. The van der Waals surface area contributed by atoms with Gasteiger partial charge in [-0.25, -0.2) is 0 Å². The second-order valence-electron chi connectivity index (χ2n) is 23.5. The number of esters is 1. The normalized spacial score (nSPS) is 12.6. The molecular formula is C69H133NO5. The lowest BCUT2D eigenvalue weighted by atomic mass is 10.0. The van der Waals surface area contributed by atoms with Crippen LogP contribution in [0.1, 0.15) is 380 Å². The molecule has 0 saturated heterocycles. The molecular weight excluding hydrogens is 923 g/mol. The molecule has 0 aromatic heterocycles. The fraction of sp³-hybridized carbons (Fsp3) is 0.913. The Balaban J connectivity index is 3.46. The predicted octanol–water partition coefficient (Wildman–Crippen LogP) is 21.8. The second kappa shape index (κ2) is 64.9. The van der Waals surface area contributed by atoms with Crippen molar-refractivity contribution in [1.82, 2.24) is 5.32 Å². The van der Waals surface area contributed by atoms with E-state index in [1.165, 1.54) is 295 Å². The van der Waals surface area contributed by atoms with E-state index in [-0.39, 0.29) is 18.5 Å². The van der Waals surface area contributed by atoms with Crippen molar-refractivity contribution in [2.24, 2.45) is 0 Å². The number of amides is 1. The van der Waals surface area contributed by atoms with Gasteiger partial charge in [-0.2, -0.15) is 0 Å². The van der Waals surface area contributed by atoms with Gasteiger partial charge < -0.3 is 20.3 Å². The molecule has 75 heavy (non-hydrogen) atoms. The van der Waals surface area contributed by atoms with E-state index in [1.807, 2.05) is 6.08 Å². The Labute approximate surface area is 469 Å². The summed E-state index contributed by atoms with van der Waals surface area (Å²) in [6, 6.07) is -0.638. The van der Waals surface area contributed by atoms with Crippen molar-refractivity contribution in [2.75, 3.05) is 13.2 Å². The molecule has 6 nitrogen and oxygen atoms in total. The number of carbonyl (C=O) groups is 2. The molecule has 0 rings (SSSR count). The fourth-order valence-electron chi connectivity index (χ4n) is 10.7. The van der Waals surface area contributed by atoms with Crippen molar-refractivity contribution in [1.29, 1.82) is 0 Å². The minimum Gasteiger partial charge on any atom is -0.466 e. The summed E-state index contributed by atoms with van der Waals surface area (Å²) in [5.74, 6) is -0.0740. The third-order valence-electron chi connectivity index (χ3n) is 16.0. The van der Waals surface area contributed by atoms with Crippen molar-refractivity contribution in [3.05, 3.63) is 24.3 Å². The van der Waals surface area contributed by atoms with Gasteiger partial charge in [0.25, 0.3) is 0 Å². The first kappa shape index (κ1) is 73.3. The van der Waals surface area contributed by atoms with Gasteiger partial charge in [0.2, 0.25) is 5.91 Å². The average Bonchev–Trinajstić information content (AvgIpc) is 3.41. The van der Waals surface area contributed by atoms with Crippen LogP contribution in [0.3, 0.4) is 0 Å². The van der Waals surface area contributed by atoms with E-state index in [9.17, 15) is 19.8 Å². The van der Waals surface area contributed by atoms with Gasteiger partial charge in [0.05, 0.1) is 25.4 Å². The van der Waals surface area contributed by atoms with Crippen LogP contribution in [0.25, 0.3) is 0 Å². The lowest BCUT2D eigenvalue weighted by Gasteiger charge is -2.20. The first-order chi connectivity index (χ1) is 37.0. The Kier molecular flexibility index (Phi) is 63.4. The van der Waals surface area contributed by atoms with E-state index in [1.54, 1.807) is 6.08 Å². The van der Waals surface area contributed by atoms with Crippen LogP contribution in [0.4, 0.5) is 0 Å². The Morgan fingerprint density at radius 2 is 0.627 bits per heavy atom. The van der Waals surface area contributed by atoms with Gasteiger partial charge in [-0.05, 0) is 57.8 Å². The van der Waals surface area contributed by atoms with Crippen molar-refractivity contribution in [2.45, 2.75) is 392 Å². The number of allylic oxidation sites excluding steroid dienone is 3. The van der Waals surface area contributed by atoms with E-state index in [0.717, 1.165) is 57.8 Å². The number of hydrogen-bond donors (Lipinski definition) is 3. The van der Waals surface area contributed by atoms with E-state index < -0.39 is 12.1 Å². The molecule has 0 aromatic carbocycles. The highest BCUT2D eigenvalue weighted by molar-refractivity contribution is 5.76. The number of hydrogen-bond acceptors (Lipinski definition) is 5. The van der Waals surface area contributed by atoms with E-state index in [2.05, 4.69) is 31.3 Å². The minimum atomic E-state index is -0.854. The molecule has 2 atom stereocenters. The molecule has 0 spiro atoms. The largest absolute Gasteiger partial charge is 0.466 e. The first-order valence-electron chi connectivity index (χ1n) is 34.1. The number of unbranched alkanes of at least 4 members (excludes halogenated alkanes) is 51. The van der Waals surface area contributed by atoms with E-state index in [4.69, 9.17) is 4.74 Å². The van der Waals surface area contributed by atoms with Crippen molar-refractivity contribution < 1.29 is 24.5 Å². The van der Waals surface area contributed by atoms with Gasteiger partial charge in [-0.3, -0.25) is 9.59 Å². The van der Waals surface area contributed by atoms with Crippen LogP contribution in [0.5, 0.6) is 0 Å². The maximum absolute atomic E-state index is 12.5. The molecule has 0 fully saturated rings. The highest BCUT2D eigenvalue weighted by Crippen LogP contribution is 2.18. The maximum Gasteiger partial charge on any atom is 0.305 e. The summed E-state index contributed by atoms with van der Waals surface area (Å²) in [5, 5.41) is 23.3. The third-order valence-corrected chi connectivity index (χ3v) is 16.0. The number of aliphatic hydroxyl groups excluding tert-OH is 2. The zero-order valence-corrected chi connectivity index (χ0v) is 50.8. The molecule has 0 aromatic rings. The molecule has 0 aliphatic rings. The third kappa shape index (κ3) is 61.4. The number of nitrogens with one attached hydrogen (secondary N) is 1. The van der Waals surface area contributed by atoms with E-state index >= 15 is 0 Å². The second-order valence-corrected chi connectivity index (χ2v) is 23.5. The number of aliphatic hydroxyl groups is 2. The lowest BCUT2D eigenvalue weighted by molar-refractivity contribution is -0.143. The van der Waals surface area contributed by atoms with Crippen LogP contribution < -0.4 is 5.32 Å². The van der Waals surface area contributed by atoms with Crippen LogP contribution in [0, 0.1) is 0 Å². The predicted molar refractivity (Wildman–Crippen MR) is 329 cm³/mol. The monoisotopic (exact) mass is 1060 g/mol. The smallest absolute Gasteiger partial charge is 0.305 e. The SMILES string of the molecule is CCCCCCCCCCCCCCCCCCCCCCCCC/C=C/C(O)C(CO)NC(=O)CCCCCCCCC/C=C\CCCCCCCCOC(=O)CCCCCCCCCCCCCCCCCC. The molecule has 0 bridgehead atoms. The Hall–Kier alpha value is -1.66. The summed E-state index contributed by atoms with van der Waals surface area (Å²) in [5.41, 5.74) is 0. The number of carbonyl (C=O) groups excluding carboxylic acids is 2. The Bertz CT molecular complexity index is 1170. The van der Waals surface area contributed by atoms with Crippen LogP contribution in [0.15, 0.2) is 24.3 Å². The van der Waals surface area contributed by atoms with Crippen molar-refractivity contribution in [3.8, 4) is 0 Å². The molecule has 444 valence electrons. The quantitative estimate of drug-likeness (QED) is 0.0320. The zero-order valence-electron chi connectivity index (χ0n) is 50.8. The first-order valence-corrected chi connectivity index (χ1v) is 34.1. The summed E-state index contributed by atoms with van der Waals surface area (Å²) in [7, 11) is 0. The summed E-state index contributed by atoms with van der Waals surface area (Å²) in [6.07, 6.45) is 80.9.